The number of hydrogen-bond acceptors (Lipinski definition) is 3. The molecule has 0 bridgehead atoms. The van der Waals surface area contributed by atoms with Crippen LogP contribution >= 0.6 is 12.4 Å². The average Bonchev–Trinajstić information content (AvgIpc) is 2.37. The number of nitrogens with zero attached hydrogens (tertiary/aromatic N) is 1. The van der Waals surface area contributed by atoms with Crippen LogP contribution in [0.25, 0.3) is 0 Å². The summed E-state index contributed by atoms with van der Waals surface area (Å²) in [7, 11) is 1.65. The highest BCUT2D eigenvalue weighted by Gasteiger charge is 2.34. The summed E-state index contributed by atoms with van der Waals surface area (Å²) in [5.41, 5.74) is 5.28. The summed E-state index contributed by atoms with van der Waals surface area (Å²) in [6.07, 6.45) is 3.05. The summed E-state index contributed by atoms with van der Waals surface area (Å²) in [6.45, 7) is 5.08. The molecular weight excluding hydrogens is 266 g/mol. The number of nitrogens with two attached hydrogens (primary N) is 1. The molecule has 0 spiro atoms. The topological polar surface area (TPSA) is 75.4 Å². The van der Waals surface area contributed by atoms with Crippen molar-refractivity contribution in [2.45, 2.75) is 45.1 Å². The molecule has 1 saturated heterocycles. The Kier molecular flexibility index (Phi) is 7.37. The molecule has 3 N–H and O–H groups in total. The number of halogens is 1. The van der Waals surface area contributed by atoms with Gasteiger partial charge < -0.3 is 16.0 Å². The van der Waals surface area contributed by atoms with E-state index in [4.69, 9.17) is 5.73 Å². The number of carbonyl (C=O) groups excluding carboxylic acids is 2. The van der Waals surface area contributed by atoms with Crippen LogP contribution in [0, 0.1) is 5.92 Å². The van der Waals surface area contributed by atoms with Crippen molar-refractivity contribution in [3.8, 4) is 0 Å². The maximum absolute atomic E-state index is 12.3. The predicted molar refractivity (Wildman–Crippen MR) is 78.1 cm³/mol. The summed E-state index contributed by atoms with van der Waals surface area (Å²) in [6, 6.07) is 0. The molecule has 19 heavy (non-hydrogen) atoms. The number of rotatable bonds is 4. The van der Waals surface area contributed by atoms with Crippen LogP contribution < -0.4 is 11.1 Å². The molecule has 0 aliphatic carbocycles. The fourth-order valence-electron chi connectivity index (χ4n) is 2.54. The molecule has 6 heteroatoms. The van der Waals surface area contributed by atoms with E-state index in [0.29, 0.717) is 19.5 Å². The van der Waals surface area contributed by atoms with Crippen LogP contribution in [0.1, 0.15) is 39.5 Å². The minimum absolute atomic E-state index is 0. The summed E-state index contributed by atoms with van der Waals surface area (Å²) < 4.78 is 0. The van der Waals surface area contributed by atoms with Crippen molar-refractivity contribution < 1.29 is 9.59 Å². The maximum Gasteiger partial charge on any atom is 0.242 e. The Morgan fingerprint density at radius 2 is 1.89 bits per heavy atom. The Bertz CT molecular complexity index is 313. The molecule has 0 aromatic carbocycles. The van der Waals surface area contributed by atoms with Gasteiger partial charge in [0.25, 0.3) is 0 Å². The van der Waals surface area contributed by atoms with Crippen molar-refractivity contribution in [3.05, 3.63) is 0 Å². The Hall–Kier alpha value is -0.810. The van der Waals surface area contributed by atoms with Gasteiger partial charge in [0.15, 0.2) is 0 Å². The zero-order valence-corrected chi connectivity index (χ0v) is 12.9. The number of amides is 2. The van der Waals surface area contributed by atoms with E-state index < -0.39 is 5.54 Å². The molecule has 5 nitrogen and oxygen atoms in total. The van der Waals surface area contributed by atoms with Crippen molar-refractivity contribution in [2.24, 2.45) is 11.7 Å². The minimum atomic E-state index is -0.769. The lowest BCUT2D eigenvalue weighted by molar-refractivity contribution is -0.140. The van der Waals surface area contributed by atoms with E-state index in [1.54, 1.807) is 18.9 Å². The highest BCUT2D eigenvalue weighted by Crippen LogP contribution is 2.21. The fraction of sp³-hybridized carbons (Fsp3) is 0.846. The Labute approximate surface area is 121 Å². The van der Waals surface area contributed by atoms with Gasteiger partial charge in [0.05, 0.1) is 5.54 Å². The van der Waals surface area contributed by atoms with E-state index in [1.165, 1.54) is 0 Å². The molecule has 0 aromatic rings. The number of nitrogens with one attached hydrogen (secondary N) is 1. The summed E-state index contributed by atoms with van der Waals surface area (Å²) >= 11 is 0. The van der Waals surface area contributed by atoms with Crippen molar-refractivity contribution in [1.82, 2.24) is 10.2 Å². The summed E-state index contributed by atoms with van der Waals surface area (Å²) in [5, 5.41) is 2.66. The SMILES string of the molecule is CCCC(C)(N)C(=O)N1CCC(C(=O)NC)CC1.Cl. The molecule has 0 radical (unpaired) electrons. The lowest BCUT2D eigenvalue weighted by Crippen LogP contribution is -2.55. The third-order valence-electron chi connectivity index (χ3n) is 3.66. The largest absolute Gasteiger partial charge is 0.359 e. The molecule has 1 atom stereocenters. The molecule has 112 valence electrons. The first-order valence-corrected chi connectivity index (χ1v) is 6.72. The number of piperidine rings is 1. The van der Waals surface area contributed by atoms with Gasteiger partial charge in [-0.15, -0.1) is 12.4 Å². The van der Waals surface area contributed by atoms with E-state index in [1.807, 2.05) is 6.92 Å². The highest BCUT2D eigenvalue weighted by atomic mass is 35.5. The first-order chi connectivity index (χ1) is 8.42. The van der Waals surface area contributed by atoms with E-state index in [-0.39, 0.29) is 30.1 Å². The van der Waals surface area contributed by atoms with Gasteiger partial charge in [-0.2, -0.15) is 0 Å². The van der Waals surface area contributed by atoms with Crippen LogP contribution in [0.15, 0.2) is 0 Å². The highest BCUT2D eigenvalue weighted by molar-refractivity contribution is 5.86. The molecular formula is C13H26ClN3O2. The molecule has 2 amide bonds. The molecule has 1 aliphatic heterocycles. The third kappa shape index (κ3) is 4.66. The van der Waals surface area contributed by atoms with Gasteiger partial charge >= 0.3 is 0 Å². The molecule has 1 fully saturated rings. The minimum Gasteiger partial charge on any atom is -0.359 e. The van der Waals surface area contributed by atoms with Crippen molar-refractivity contribution >= 4 is 24.2 Å². The predicted octanol–water partition coefficient (Wildman–Crippen LogP) is 0.910. The van der Waals surface area contributed by atoms with Gasteiger partial charge in [-0.05, 0) is 26.2 Å². The lowest BCUT2D eigenvalue weighted by atomic mass is 9.91. The van der Waals surface area contributed by atoms with Gasteiger partial charge in [0, 0.05) is 26.1 Å². The van der Waals surface area contributed by atoms with Crippen molar-refractivity contribution in [3.63, 3.8) is 0 Å². The Morgan fingerprint density at radius 3 is 2.32 bits per heavy atom. The van der Waals surface area contributed by atoms with Crippen molar-refractivity contribution in [2.75, 3.05) is 20.1 Å². The van der Waals surface area contributed by atoms with Crippen LogP contribution in [-0.2, 0) is 9.59 Å². The Balaban J connectivity index is 0.00000324. The molecule has 1 heterocycles. The third-order valence-corrected chi connectivity index (χ3v) is 3.66. The Morgan fingerprint density at radius 1 is 1.37 bits per heavy atom. The van der Waals surface area contributed by atoms with Crippen LogP contribution in [0.4, 0.5) is 0 Å². The second kappa shape index (κ2) is 7.70. The van der Waals surface area contributed by atoms with Gasteiger partial charge in [0.2, 0.25) is 11.8 Å². The molecule has 0 saturated carbocycles. The van der Waals surface area contributed by atoms with Crippen LogP contribution in [0.5, 0.6) is 0 Å². The van der Waals surface area contributed by atoms with E-state index >= 15 is 0 Å². The van der Waals surface area contributed by atoms with E-state index in [2.05, 4.69) is 5.32 Å². The normalized spacial score (nSPS) is 19.3. The van der Waals surface area contributed by atoms with Crippen LogP contribution in [0.3, 0.4) is 0 Å². The molecule has 1 unspecified atom stereocenters. The quantitative estimate of drug-likeness (QED) is 0.808. The second-order valence-electron chi connectivity index (χ2n) is 5.35. The zero-order valence-electron chi connectivity index (χ0n) is 12.1. The molecule has 1 rings (SSSR count). The summed E-state index contributed by atoms with van der Waals surface area (Å²) in [5.74, 6) is 0.125. The fourth-order valence-corrected chi connectivity index (χ4v) is 2.54. The summed E-state index contributed by atoms with van der Waals surface area (Å²) in [4.78, 5) is 25.6. The monoisotopic (exact) mass is 291 g/mol. The second-order valence-corrected chi connectivity index (χ2v) is 5.35. The van der Waals surface area contributed by atoms with Gasteiger partial charge in [-0.3, -0.25) is 9.59 Å². The molecule has 0 aromatic heterocycles. The van der Waals surface area contributed by atoms with Gasteiger partial charge in [-0.1, -0.05) is 13.3 Å². The van der Waals surface area contributed by atoms with Gasteiger partial charge in [0.1, 0.15) is 0 Å². The number of hydrogen-bond donors (Lipinski definition) is 2. The lowest BCUT2D eigenvalue weighted by Gasteiger charge is -2.36. The first kappa shape index (κ1) is 18.2. The van der Waals surface area contributed by atoms with Gasteiger partial charge in [-0.25, -0.2) is 0 Å². The van der Waals surface area contributed by atoms with E-state index in [9.17, 15) is 9.59 Å². The van der Waals surface area contributed by atoms with E-state index in [0.717, 1.165) is 19.3 Å². The van der Waals surface area contributed by atoms with Crippen molar-refractivity contribution in [1.29, 1.82) is 0 Å². The number of carbonyl (C=O) groups is 2. The standard InChI is InChI=1S/C13H25N3O2.ClH/c1-4-7-13(2,14)12(18)16-8-5-10(6-9-16)11(17)15-3;/h10H,4-9,14H2,1-3H3,(H,15,17);1H. The number of likely N-dealkylation sites (tertiary alicyclic amines) is 1. The van der Waals surface area contributed by atoms with Crippen LogP contribution in [-0.4, -0.2) is 42.4 Å². The van der Waals surface area contributed by atoms with Crippen LogP contribution in [0.2, 0.25) is 0 Å². The zero-order chi connectivity index (χ0) is 13.8. The first-order valence-electron chi connectivity index (χ1n) is 6.72. The molecule has 1 aliphatic rings. The average molecular weight is 292 g/mol. The maximum atomic E-state index is 12.3. The smallest absolute Gasteiger partial charge is 0.242 e.